The number of rotatable bonds is 11. The third-order valence-corrected chi connectivity index (χ3v) is 5.04. The number of Topliss-reactive ketones (excluding diaryl/α,β-unsaturated/α-hetero) is 1. The van der Waals surface area contributed by atoms with Gasteiger partial charge >= 0.3 is 5.97 Å². The number of amides is 2. The minimum Gasteiger partial charge on any atom is -0.466 e. The highest BCUT2D eigenvalue weighted by Crippen LogP contribution is 2.31. The van der Waals surface area contributed by atoms with Gasteiger partial charge in [0.05, 0.1) is 20.1 Å². The van der Waals surface area contributed by atoms with Gasteiger partial charge in [0.25, 0.3) is 0 Å². The summed E-state index contributed by atoms with van der Waals surface area (Å²) in [4.78, 5) is 58.1. The molecule has 174 valence electrons. The van der Waals surface area contributed by atoms with Gasteiger partial charge in [-0.2, -0.15) is 0 Å². The van der Waals surface area contributed by atoms with E-state index in [1.165, 1.54) is 14.0 Å². The monoisotopic (exact) mass is 458 g/mol. The fraction of sp³-hybridized carbons (Fsp3) is 0.650. The molecule has 0 bridgehead atoms. The number of hydrogen-bond acceptors (Lipinski definition) is 9. The molecule has 31 heavy (non-hydrogen) atoms. The average molecular weight is 459 g/mol. The quantitative estimate of drug-likeness (QED) is 0.255. The Morgan fingerprint density at radius 3 is 2.48 bits per heavy atom. The lowest BCUT2D eigenvalue weighted by atomic mass is 9.85. The minimum absolute atomic E-state index is 0.0626. The number of ether oxygens (including phenoxy) is 3. The van der Waals surface area contributed by atoms with Crippen LogP contribution in [0.25, 0.3) is 0 Å². The number of methoxy groups -OCH3 is 1. The van der Waals surface area contributed by atoms with E-state index < -0.39 is 23.8 Å². The molecule has 2 atom stereocenters. The van der Waals surface area contributed by atoms with Crippen molar-refractivity contribution in [2.75, 3.05) is 32.6 Å². The summed E-state index contributed by atoms with van der Waals surface area (Å²) in [6, 6.07) is 0. The van der Waals surface area contributed by atoms with Crippen LogP contribution in [0.5, 0.6) is 0 Å². The van der Waals surface area contributed by atoms with E-state index in [-0.39, 0.29) is 55.3 Å². The van der Waals surface area contributed by atoms with Gasteiger partial charge < -0.3 is 24.8 Å². The van der Waals surface area contributed by atoms with E-state index in [4.69, 9.17) is 9.47 Å². The second kappa shape index (κ2) is 13.2. The van der Waals surface area contributed by atoms with E-state index >= 15 is 0 Å². The molecule has 0 saturated carbocycles. The van der Waals surface area contributed by atoms with Crippen LogP contribution in [-0.4, -0.2) is 73.6 Å². The molecule has 11 heteroatoms. The first-order valence-electron chi connectivity index (χ1n) is 9.79. The van der Waals surface area contributed by atoms with E-state index in [9.17, 15) is 24.0 Å². The maximum atomic E-state index is 12.5. The largest absolute Gasteiger partial charge is 0.466 e. The first-order chi connectivity index (χ1) is 14.5. The number of carbonyl (C=O) groups excluding carboxylic acids is 5. The van der Waals surface area contributed by atoms with E-state index in [2.05, 4.69) is 15.4 Å². The molecule has 0 aromatic heterocycles. The zero-order valence-corrected chi connectivity index (χ0v) is 19.0. The van der Waals surface area contributed by atoms with Crippen LogP contribution >= 0.6 is 11.8 Å². The van der Waals surface area contributed by atoms with Gasteiger partial charge in [-0.15, -0.1) is 0 Å². The van der Waals surface area contributed by atoms with Crippen LogP contribution in [0.2, 0.25) is 0 Å². The predicted molar refractivity (Wildman–Crippen MR) is 113 cm³/mol. The van der Waals surface area contributed by atoms with Crippen LogP contribution in [0, 0.1) is 5.41 Å². The van der Waals surface area contributed by atoms with Crippen molar-refractivity contribution in [1.29, 1.82) is 0 Å². The molecule has 0 aromatic carbocycles. The summed E-state index contributed by atoms with van der Waals surface area (Å²) in [5.41, 5.74) is -0.578. The van der Waals surface area contributed by atoms with Crippen LogP contribution in [0.15, 0.2) is 12.2 Å². The van der Waals surface area contributed by atoms with Crippen molar-refractivity contribution in [2.45, 2.75) is 46.0 Å². The fourth-order valence-corrected chi connectivity index (χ4v) is 3.16. The molecule has 1 saturated heterocycles. The maximum absolute atomic E-state index is 12.5. The highest BCUT2D eigenvalue weighted by atomic mass is 32.2. The Labute approximate surface area is 185 Å². The lowest BCUT2D eigenvalue weighted by molar-refractivity contribution is -0.253. The van der Waals surface area contributed by atoms with Crippen molar-refractivity contribution in [1.82, 2.24) is 10.6 Å². The second-order valence-corrected chi connectivity index (χ2v) is 8.67. The molecule has 2 amide bonds. The zero-order valence-electron chi connectivity index (χ0n) is 18.2. The lowest BCUT2D eigenvalue weighted by Gasteiger charge is -2.40. The van der Waals surface area contributed by atoms with Crippen molar-refractivity contribution in [3.63, 3.8) is 0 Å². The Morgan fingerprint density at radius 2 is 1.84 bits per heavy atom. The Bertz CT molecular complexity index is 707. The smallest absolute Gasteiger partial charge is 0.330 e. The minimum atomic E-state index is -0.797. The Kier molecular flexibility index (Phi) is 11.4. The summed E-state index contributed by atoms with van der Waals surface area (Å²) in [5.74, 6) is -1.02. The predicted octanol–water partition coefficient (Wildman–Crippen LogP) is 0.345. The van der Waals surface area contributed by atoms with Crippen LogP contribution in [-0.2, 0) is 38.2 Å². The summed E-state index contributed by atoms with van der Waals surface area (Å²) in [6.07, 6.45) is 0.715. The number of carbonyl (C=O) groups is 5. The van der Waals surface area contributed by atoms with E-state index in [1.807, 2.05) is 13.8 Å². The van der Waals surface area contributed by atoms with Crippen molar-refractivity contribution < 1.29 is 38.2 Å². The van der Waals surface area contributed by atoms with Gasteiger partial charge in [0.15, 0.2) is 6.29 Å². The first kappa shape index (κ1) is 26.8. The standard InChI is InChI=1S/C20H30N2O8S/c1-13(23)11-17-29-12-20(2,3)18(30-17)19(27)22-8-7-14(24)21-9-10-31-16(26)6-5-15(25)28-4/h5-6,17-18H,7-12H2,1-4H3,(H,21,24)(H,22,27)/b6-5+/t17?,18-/m0/s1. The molecule has 1 rings (SSSR count). The first-order valence-corrected chi connectivity index (χ1v) is 10.8. The van der Waals surface area contributed by atoms with Crippen LogP contribution < -0.4 is 10.6 Å². The van der Waals surface area contributed by atoms with Gasteiger partial charge in [0.1, 0.15) is 11.9 Å². The molecule has 10 nitrogen and oxygen atoms in total. The van der Waals surface area contributed by atoms with Crippen molar-refractivity contribution in [2.24, 2.45) is 5.41 Å². The summed E-state index contributed by atoms with van der Waals surface area (Å²) in [7, 11) is 1.21. The van der Waals surface area contributed by atoms with Crippen LogP contribution in [0.1, 0.15) is 33.6 Å². The van der Waals surface area contributed by atoms with Gasteiger partial charge in [-0.25, -0.2) is 4.79 Å². The molecular formula is C20H30N2O8S. The van der Waals surface area contributed by atoms with Crippen LogP contribution in [0.3, 0.4) is 0 Å². The number of hydrogen-bond donors (Lipinski definition) is 2. The SMILES string of the molecule is COC(=O)/C=C/C(=O)SCCNC(=O)CCNC(=O)[C@@H]1OC(CC(C)=O)OCC1(C)C. The topological polar surface area (TPSA) is 137 Å². The zero-order chi connectivity index (χ0) is 23.4. The molecule has 0 aromatic rings. The molecule has 0 spiro atoms. The highest BCUT2D eigenvalue weighted by molar-refractivity contribution is 8.14. The number of esters is 1. The number of nitrogens with one attached hydrogen (secondary N) is 2. The van der Waals surface area contributed by atoms with Crippen molar-refractivity contribution >= 4 is 40.4 Å². The molecule has 0 radical (unpaired) electrons. The molecule has 0 aliphatic carbocycles. The Hall–Kier alpha value is -2.24. The molecule has 1 aliphatic rings. The fourth-order valence-electron chi connectivity index (χ4n) is 2.59. The third kappa shape index (κ3) is 10.6. The van der Waals surface area contributed by atoms with Crippen LogP contribution in [0.4, 0.5) is 0 Å². The summed E-state index contributed by atoms with van der Waals surface area (Å²) in [5, 5.41) is 5.00. The third-order valence-electron chi connectivity index (χ3n) is 4.21. The number of ketones is 1. The Morgan fingerprint density at radius 1 is 1.13 bits per heavy atom. The van der Waals surface area contributed by atoms with Crippen molar-refractivity contribution in [3.8, 4) is 0 Å². The molecule has 1 heterocycles. The Balaban J connectivity index is 2.29. The lowest BCUT2D eigenvalue weighted by Crippen LogP contribution is -2.54. The molecule has 2 N–H and O–H groups in total. The van der Waals surface area contributed by atoms with E-state index in [0.717, 1.165) is 23.9 Å². The maximum Gasteiger partial charge on any atom is 0.330 e. The van der Waals surface area contributed by atoms with Gasteiger partial charge in [-0.3, -0.25) is 19.2 Å². The molecule has 1 unspecified atom stereocenters. The summed E-state index contributed by atoms with van der Waals surface area (Å²) < 4.78 is 15.5. The molecule has 1 aliphatic heterocycles. The van der Waals surface area contributed by atoms with E-state index in [1.54, 1.807) is 0 Å². The average Bonchev–Trinajstić information content (AvgIpc) is 2.70. The van der Waals surface area contributed by atoms with Gasteiger partial charge in [-0.1, -0.05) is 25.6 Å². The highest BCUT2D eigenvalue weighted by Gasteiger charge is 2.42. The van der Waals surface area contributed by atoms with Crippen molar-refractivity contribution in [3.05, 3.63) is 12.2 Å². The second-order valence-electron chi connectivity index (χ2n) is 7.57. The normalized spacial score (nSPS) is 20.1. The van der Waals surface area contributed by atoms with Gasteiger partial charge in [0, 0.05) is 36.8 Å². The van der Waals surface area contributed by atoms with Gasteiger partial charge in [-0.05, 0) is 13.0 Å². The summed E-state index contributed by atoms with van der Waals surface area (Å²) >= 11 is 0.952. The number of thioether (sulfide) groups is 1. The summed E-state index contributed by atoms with van der Waals surface area (Å²) in [6.45, 7) is 5.73. The molecular weight excluding hydrogens is 428 g/mol. The molecule has 1 fully saturated rings. The van der Waals surface area contributed by atoms with Gasteiger partial charge in [0.2, 0.25) is 16.9 Å². The van der Waals surface area contributed by atoms with E-state index in [0.29, 0.717) is 5.75 Å².